The molecule has 3 heterocycles. The summed E-state index contributed by atoms with van der Waals surface area (Å²) in [5.74, 6) is -1.98. The minimum atomic E-state index is -1.18. The number of aliphatic hydroxyl groups is 1. The largest absolute Gasteiger partial charge is 0.494 e. The van der Waals surface area contributed by atoms with Crippen LogP contribution >= 0.6 is 0 Å². The molecule has 3 aromatic carbocycles. The van der Waals surface area contributed by atoms with Gasteiger partial charge in [0.1, 0.15) is 17.4 Å². The monoisotopic (exact) mass is 571 g/mol. The van der Waals surface area contributed by atoms with E-state index in [0.717, 1.165) is 10.8 Å². The highest BCUT2D eigenvalue weighted by Crippen LogP contribution is 2.64. The summed E-state index contributed by atoms with van der Waals surface area (Å²) >= 11 is 0. The van der Waals surface area contributed by atoms with Crippen LogP contribution in [-0.2, 0) is 19.1 Å². The van der Waals surface area contributed by atoms with Crippen LogP contribution in [0.2, 0.25) is 0 Å². The first kappa shape index (κ1) is 28.2. The van der Waals surface area contributed by atoms with E-state index in [4.69, 9.17) is 9.47 Å². The van der Waals surface area contributed by atoms with E-state index in [1.54, 1.807) is 31.2 Å². The Kier molecular flexibility index (Phi) is 7.19. The smallest absolute Gasteiger partial charge is 0.250 e. The highest BCUT2D eigenvalue weighted by atomic mass is 16.5. The van der Waals surface area contributed by atoms with Crippen LogP contribution in [0.5, 0.6) is 5.75 Å². The van der Waals surface area contributed by atoms with Crippen molar-refractivity contribution in [2.75, 3.05) is 23.8 Å². The lowest BCUT2D eigenvalue weighted by atomic mass is 9.65. The number of nitrogens with one attached hydrogen (secondary N) is 2. The summed E-state index contributed by atoms with van der Waals surface area (Å²) < 4.78 is 12.3. The van der Waals surface area contributed by atoms with Crippen molar-refractivity contribution in [1.29, 1.82) is 0 Å². The Labute approximate surface area is 245 Å². The van der Waals surface area contributed by atoms with Gasteiger partial charge in [-0.3, -0.25) is 14.4 Å². The number of likely N-dealkylation sites (tertiary alicyclic amines) is 1. The number of anilines is 2. The predicted octanol–water partition coefficient (Wildman–Crippen LogP) is 4.35. The lowest BCUT2D eigenvalue weighted by molar-refractivity contribution is -0.147. The van der Waals surface area contributed by atoms with Gasteiger partial charge in [0, 0.05) is 11.4 Å². The highest BCUT2D eigenvalue weighted by Gasteiger charge is 2.79. The van der Waals surface area contributed by atoms with E-state index in [1.807, 2.05) is 56.3 Å². The molecule has 2 unspecified atom stereocenters. The molecular formula is C33H37N3O6. The molecule has 220 valence electrons. The molecule has 3 aliphatic rings. The fraction of sp³-hybridized carbons (Fsp3) is 0.424. The third-order valence-electron chi connectivity index (χ3n) is 9.34. The van der Waals surface area contributed by atoms with E-state index < -0.39 is 35.1 Å². The van der Waals surface area contributed by atoms with Gasteiger partial charge in [0.25, 0.3) is 0 Å². The number of hydrogen-bond donors (Lipinski definition) is 3. The lowest BCUT2D eigenvalue weighted by Gasteiger charge is -2.36. The number of benzene rings is 3. The number of rotatable bonds is 9. The van der Waals surface area contributed by atoms with Gasteiger partial charge in [0.15, 0.2) is 0 Å². The molecule has 0 radical (unpaired) electrons. The number of amides is 3. The minimum Gasteiger partial charge on any atom is -0.494 e. The summed E-state index contributed by atoms with van der Waals surface area (Å²) in [5, 5.41) is 18.2. The van der Waals surface area contributed by atoms with Crippen molar-refractivity contribution < 1.29 is 29.0 Å². The number of carbonyl (C=O) groups is 3. The van der Waals surface area contributed by atoms with Crippen LogP contribution in [0.1, 0.15) is 40.0 Å². The summed E-state index contributed by atoms with van der Waals surface area (Å²) in [4.78, 5) is 43.7. The molecule has 1 spiro atoms. The minimum absolute atomic E-state index is 0.312. The summed E-state index contributed by atoms with van der Waals surface area (Å²) in [7, 11) is 0. The maximum atomic E-state index is 14.2. The van der Waals surface area contributed by atoms with E-state index >= 15 is 0 Å². The zero-order valence-corrected chi connectivity index (χ0v) is 24.1. The second kappa shape index (κ2) is 10.7. The normalized spacial score (nSPS) is 28.5. The average molecular weight is 572 g/mol. The van der Waals surface area contributed by atoms with Gasteiger partial charge in [0.05, 0.1) is 36.7 Å². The Morgan fingerprint density at radius 1 is 1.00 bits per heavy atom. The number of hydrogen-bond acceptors (Lipinski definition) is 6. The Bertz CT molecular complexity index is 1530. The maximum absolute atomic E-state index is 14.2. The third-order valence-corrected chi connectivity index (χ3v) is 9.34. The van der Waals surface area contributed by atoms with E-state index in [0.29, 0.717) is 43.0 Å². The van der Waals surface area contributed by atoms with Crippen molar-refractivity contribution in [2.45, 2.75) is 63.3 Å². The second-order valence-corrected chi connectivity index (χ2v) is 11.6. The molecule has 9 heteroatoms. The van der Waals surface area contributed by atoms with Crippen LogP contribution < -0.4 is 15.4 Å². The molecule has 3 fully saturated rings. The molecule has 0 aliphatic carbocycles. The van der Waals surface area contributed by atoms with Gasteiger partial charge in [-0.25, -0.2) is 0 Å². The number of carbonyl (C=O) groups excluding carboxylic acids is 3. The zero-order chi connectivity index (χ0) is 29.6. The molecule has 3 amide bonds. The van der Waals surface area contributed by atoms with E-state index in [2.05, 4.69) is 10.6 Å². The molecule has 42 heavy (non-hydrogen) atoms. The summed E-state index contributed by atoms with van der Waals surface area (Å²) in [5.41, 5.74) is -0.863. The van der Waals surface area contributed by atoms with Gasteiger partial charge in [0.2, 0.25) is 17.7 Å². The molecule has 0 aromatic heterocycles. The van der Waals surface area contributed by atoms with Crippen molar-refractivity contribution in [3.05, 3.63) is 66.7 Å². The van der Waals surface area contributed by atoms with Gasteiger partial charge in [-0.1, -0.05) is 37.3 Å². The molecule has 3 saturated heterocycles. The van der Waals surface area contributed by atoms with Crippen LogP contribution in [-0.4, -0.2) is 64.2 Å². The first-order valence-electron chi connectivity index (χ1n) is 14.7. The van der Waals surface area contributed by atoms with Gasteiger partial charge < -0.3 is 30.1 Å². The Balaban J connectivity index is 1.34. The van der Waals surface area contributed by atoms with Crippen LogP contribution in [0.3, 0.4) is 0 Å². The van der Waals surface area contributed by atoms with Crippen LogP contribution in [0.4, 0.5) is 11.4 Å². The predicted molar refractivity (Wildman–Crippen MR) is 159 cm³/mol. The molecule has 3 N–H and O–H groups in total. The van der Waals surface area contributed by atoms with Gasteiger partial charge in [-0.05, 0) is 80.3 Å². The standard InChI is InChI=1S/C33H37N3O6/c1-4-32-16-17-33(42-32)27(26(32)29(38)34-23-12-14-25(15-13-23)41-5-2)31(40)36(20(3)19-37)28(33)30(39)35-24-11-10-21-8-6-7-9-22(21)18-24/h6-15,18,20,26-28,37H,4-5,16-17,19H2,1-3H3,(H,34,38)(H,35,39)/t20-,26-,27+,28?,32+,33?/m1/s1. The molecular weight excluding hydrogens is 534 g/mol. The number of nitrogens with zero attached hydrogens (tertiary/aromatic N) is 1. The Morgan fingerprint density at radius 3 is 2.38 bits per heavy atom. The zero-order valence-electron chi connectivity index (χ0n) is 24.1. The van der Waals surface area contributed by atoms with Crippen LogP contribution in [0.15, 0.2) is 66.7 Å². The number of ether oxygens (including phenoxy) is 2. The van der Waals surface area contributed by atoms with Crippen molar-refractivity contribution in [1.82, 2.24) is 4.90 Å². The number of fused-ring (bicyclic) bond motifs is 2. The first-order valence-corrected chi connectivity index (χ1v) is 14.7. The molecule has 6 atom stereocenters. The van der Waals surface area contributed by atoms with Crippen LogP contribution in [0.25, 0.3) is 10.8 Å². The van der Waals surface area contributed by atoms with Crippen LogP contribution in [0, 0.1) is 11.8 Å². The van der Waals surface area contributed by atoms with E-state index in [9.17, 15) is 19.5 Å². The Morgan fingerprint density at radius 2 is 1.69 bits per heavy atom. The summed E-state index contributed by atoms with van der Waals surface area (Å²) in [6.07, 6.45) is 1.54. The molecule has 3 aromatic rings. The molecule has 6 rings (SSSR count). The van der Waals surface area contributed by atoms with Gasteiger partial charge >= 0.3 is 0 Å². The van der Waals surface area contributed by atoms with Crippen molar-refractivity contribution in [3.8, 4) is 5.75 Å². The topological polar surface area (TPSA) is 117 Å². The Hall–Kier alpha value is -3.95. The van der Waals surface area contributed by atoms with Crippen molar-refractivity contribution in [3.63, 3.8) is 0 Å². The SMILES string of the molecule is CCOc1ccc(NC(=O)[C@H]2[C@H]3C(=O)N([C@H](C)CO)C(C(=O)Nc4ccc5ccccc5c4)C34CC[C@]2(CC)O4)cc1. The second-order valence-electron chi connectivity index (χ2n) is 11.6. The first-order chi connectivity index (χ1) is 20.3. The molecule has 0 saturated carbocycles. The van der Waals surface area contributed by atoms with E-state index in [-0.39, 0.29) is 24.3 Å². The fourth-order valence-corrected chi connectivity index (χ4v) is 7.41. The highest BCUT2D eigenvalue weighted by molar-refractivity contribution is 6.06. The molecule has 9 nitrogen and oxygen atoms in total. The quantitative estimate of drug-likeness (QED) is 0.352. The molecule has 3 aliphatic heterocycles. The van der Waals surface area contributed by atoms with Gasteiger partial charge in [-0.2, -0.15) is 0 Å². The third kappa shape index (κ3) is 4.34. The van der Waals surface area contributed by atoms with Gasteiger partial charge in [-0.15, -0.1) is 0 Å². The fourth-order valence-electron chi connectivity index (χ4n) is 7.41. The summed E-state index contributed by atoms with van der Waals surface area (Å²) in [6, 6.07) is 19.0. The summed E-state index contributed by atoms with van der Waals surface area (Å²) in [6.45, 7) is 5.79. The number of aliphatic hydroxyl groups excluding tert-OH is 1. The van der Waals surface area contributed by atoms with E-state index in [1.165, 1.54) is 4.90 Å². The maximum Gasteiger partial charge on any atom is 0.250 e. The average Bonchev–Trinajstić information content (AvgIpc) is 3.61. The van der Waals surface area contributed by atoms with Crippen molar-refractivity contribution >= 4 is 39.9 Å². The van der Waals surface area contributed by atoms with Crippen molar-refractivity contribution in [2.24, 2.45) is 11.8 Å². The molecule has 2 bridgehead atoms. The lowest BCUT2D eigenvalue weighted by Crippen LogP contribution is -2.55.